The molecule has 21 heavy (non-hydrogen) atoms. The summed E-state index contributed by atoms with van der Waals surface area (Å²) in [4.78, 5) is 16.0. The molecule has 0 saturated heterocycles. The lowest BCUT2D eigenvalue weighted by Gasteiger charge is -2.06. The average Bonchev–Trinajstić information content (AvgIpc) is 2.51. The number of halogens is 1. The number of hydrogen-bond donors (Lipinski definition) is 2. The fourth-order valence-corrected chi connectivity index (χ4v) is 1.68. The summed E-state index contributed by atoms with van der Waals surface area (Å²) in [6.45, 7) is 0. The molecule has 0 spiro atoms. The molecule has 0 aliphatic carbocycles. The van der Waals surface area contributed by atoms with Crippen LogP contribution in [0.15, 0.2) is 60.4 Å². The Labute approximate surface area is 126 Å². The van der Waals surface area contributed by atoms with Crippen molar-refractivity contribution in [3.63, 3.8) is 0 Å². The predicted molar refractivity (Wildman–Crippen MR) is 81.6 cm³/mol. The summed E-state index contributed by atoms with van der Waals surface area (Å²) in [5.74, 6) is -0.00942. The smallest absolute Gasteiger partial charge is 0.267 e. The standard InChI is InChI=1S/C15H11ClN4O/c16-12-5-1-2-6-13(12)20-15(21)11(9-17)10-19-14-7-3-4-8-18-14/h1-8,10H,(H,18,19)(H,20,21)/b11-10-. The van der Waals surface area contributed by atoms with Crippen LogP contribution >= 0.6 is 11.6 Å². The molecule has 0 unspecified atom stereocenters. The number of carbonyl (C=O) groups excluding carboxylic acids is 1. The number of para-hydroxylation sites is 1. The Morgan fingerprint density at radius 2 is 2.00 bits per heavy atom. The molecular formula is C15H11ClN4O. The van der Waals surface area contributed by atoms with Gasteiger partial charge in [0.25, 0.3) is 5.91 Å². The molecule has 0 atom stereocenters. The van der Waals surface area contributed by atoms with Crippen molar-refractivity contribution in [1.82, 2.24) is 4.98 Å². The molecule has 0 radical (unpaired) electrons. The highest BCUT2D eigenvalue weighted by molar-refractivity contribution is 6.33. The monoisotopic (exact) mass is 298 g/mol. The molecule has 0 fully saturated rings. The third-order valence-electron chi connectivity index (χ3n) is 2.52. The van der Waals surface area contributed by atoms with Gasteiger partial charge < -0.3 is 10.6 Å². The normalized spacial score (nSPS) is 10.6. The lowest BCUT2D eigenvalue weighted by atomic mass is 10.2. The first-order chi connectivity index (χ1) is 10.2. The van der Waals surface area contributed by atoms with Crippen molar-refractivity contribution in [1.29, 1.82) is 5.26 Å². The maximum absolute atomic E-state index is 12.0. The van der Waals surface area contributed by atoms with Crippen LogP contribution in [0, 0.1) is 11.3 Å². The van der Waals surface area contributed by atoms with Crippen LogP contribution in [-0.4, -0.2) is 10.9 Å². The number of nitriles is 1. The lowest BCUT2D eigenvalue weighted by Crippen LogP contribution is -2.14. The van der Waals surface area contributed by atoms with Crippen LogP contribution in [-0.2, 0) is 4.79 Å². The number of nitrogens with zero attached hydrogens (tertiary/aromatic N) is 2. The molecule has 2 aromatic rings. The van der Waals surface area contributed by atoms with Crippen LogP contribution in [0.1, 0.15) is 0 Å². The first-order valence-corrected chi connectivity index (χ1v) is 6.42. The van der Waals surface area contributed by atoms with Crippen LogP contribution in [0.5, 0.6) is 0 Å². The zero-order valence-electron chi connectivity index (χ0n) is 10.9. The largest absolute Gasteiger partial charge is 0.345 e. The van der Waals surface area contributed by atoms with Crippen LogP contribution in [0.3, 0.4) is 0 Å². The summed E-state index contributed by atoms with van der Waals surface area (Å²) < 4.78 is 0. The Balaban J connectivity index is 2.09. The van der Waals surface area contributed by atoms with E-state index in [9.17, 15) is 4.79 Å². The first kappa shape index (κ1) is 14.6. The number of pyridine rings is 1. The summed E-state index contributed by atoms with van der Waals surface area (Å²) >= 11 is 5.95. The van der Waals surface area contributed by atoms with Crippen molar-refractivity contribution in [2.75, 3.05) is 10.6 Å². The minimum Gasteiger partial charge on any atom is -0.345 e. The molecule has 2 rings (SSSR count). The van der Waals surface area contributed by atoms with Gasteiger partial charge in [-0.15, -0.1) is 0 Å². The third kappa shape index (κ3) is 4.06. The van der Waals surface area contributed by atoms with Gasteiger partial charge >= 0.3 is 0 Å². The van der Waals surface area contributed by atoms with E-state index < -0.39 is 5.91 Å². The van der Waals surface area contributed by atoms with Gasteiger partial charge in [-0.25, -0.2) is 4.98 Å². The minimum absolute atomic E-state index is 0.0828. The summed E-state index contributed by atoms with van der Waals surface area (Å²) in [6, 6.07) is 13.9. The third-order valence-corrected chi connectivity index (χ3v) is 2.85. The molecular weight excluding hydrogens is 288 g/mol. The highest BCUT2D eigenvalue weighted by Crippen LogP contribution is 2.20. The van der Waals surface area contributed by atoms with Crippen molar-refractivity contribution in [2.24, 2.45) is 0 Å². The quantitative estimate of drug-likeness (QED) is 0.671. The Morgan fingerprint density at radius 1 is 1.24 bits per heavy atom. The molecule has 104 valence electrons. The predicted octanol–water partition coefficient (Wildman–Crippen LogP) is 3.19. The Kier molecular flexibility index (Phi) is 4.91. The fourth-order valence-electron chi connectivity index (χ4n) is 1.50. The molecule has 0 aliphatic rings. The Morgan fingerprint density at radius 3 is 2.67 bits per heavy atom. The number of nitrogens with one attached hydrogen (secondary N) is 2. The van der Waals surface area contributed by atoms with E-state index in [0.717, 1.165) is 0 Å². The number of amides is 1. The van der Waals surface area contributed by atoms with Gasteiger partial charge in [-0.3, -0.25) is 4.79 Å². The number of benzene rings is 1. The molecule has 5 nitrogen and oxygen atoms in total. The topological polar surface area (TPSA) is 77.8 Å². The SMILES string of the molecule is N#C/C(=C/Nc1ccccn1)C(=O)Nc1ccccc1Cl. The maximum Gasteiger partial charge on any atom is 0.267 e. The van der Waals surface area contributed by atoms with E-state index in [1.54, 1.807) is 48.7 Å². The van der Waals surface area contributed by atoms with E-state index in [2.05, 4.69) is 15.6 Å². The van der Waals surface area contributed by atoms with Crippen LogP contribution in [0.2, 0.25) is 5.02 Å². The molecule has 0 saturated carbocycles. The van der Waals surface area contributed by atoms with Gasteiger partial charge in [-0.2, -0.15) is 5.26 Å². The van der Waals surface area contributed by atoms with Crippen LogP contribution in [0.4, 0.5) is 11.5 Å². The van der Waals surface area contributed by atoms with Gasteiger partial charge in [0.05, 0.1) is 10.7 Å². The van der Waals surface area contributed by atoms with Gasteiger partial charge in [-0.05, 0) is 24.3 Å². The lowest BCUT2D eigenvalue weighted by molar-refractivity contribution is -0.112. The van der Waals surface area contributed by atoms with E-state index >= 15 is 0 Å². The van der Waals surface area contributed by atoms with Crippen LogP contribution in [0.25, 0.3) is 0 Å². The summed E-state index contributed by atoms with van der Waals surface area (Å²) in [6.07, 6.45) is 2.90. The molecule has 1 aromatic carbocycles. The molecule has 1 heterocycles. The molecule has 0 bridgehead atoms. The Bertz CT molecular complexity index is 707. The molecule has 1 aromatic heterocycles. The number of hydrogen-bond acceptors (Lipinski definition) is 4. The fraction of sp³-hybridized carbons (Fsp3) is 0. The van der Waals surface area contributed by atoms with Crippen LogP contribution < -0.4 is 10.6 Å². The molecule has 2 N–H and O–H groups in total. The van der Waals surface area contributed by atoms with E-state index in [4.69, 9.17) is 16.9 Å². The molecule has 0 aliphatic heterocycles. The molecule has 1 amide bonds. The minimum atomic E-state index is -0.547. The second-order valence-corrected chi connectivity index (χ2v) is 4.37. The van der Waals surface area contributed by atoms with E-state index in [1.807, 2.05) is 6.07 Å². The van der Waals surface area contributed by atoms with Gasteiger partial charge in [0.15, 0.2) is 0 Å². The van der Waals surface area contributed by atoms with E-state index in [-0.39, 0.29) is 5.57 Å². The van der Waals surface area contributed by atoms with Crippen molar-refractivity contribution in [2.45, 2.75) is 0 Å². The van der Waals surface area contributed by atoms with Crippen molar-refractivity contribution in [3.05, 3.63) is 65.5 Å². The van der Waals surface area contributed by atoms with Gasteiger partial charge in [0.2, 0.25) is 0 Å². The Hall–Kier alpha value is -2.84. The summed E-state index contributed by atoms with van der Waals surface area (Å²) in [7, 11) is 0. The zero-order valence-corrected chi connectivity index (χ0v) is 11.6. The summed E-state index contributed by atoms with van der Waals surface area (Å²) in [5.41, 5.74) is 0.365. The summed E-state index contributed by atoms with van der Waals surface area (Å²) in [5, 5.41) is 14.8. The van der Waals surface area contributed by atoms with Gasteiger partial charge in [-0.1, -0.05) is 29.8 Å². The van der Waals surface area contributed by atoms with Gasteiger partial charge in [0.1, 0.15) is 17.5 Å². The van der Waals surface area contributed by atoms with E-state index in [0.29, 0.717) is 16.5 Å². The number of aromatic nitrogens is 1. The van der Waals surface area contributed by atoms with Gasteiger partial charge in [0, 0.05) is 12.4 Å². The van der Waals surface area contributed by atoms with Crippen molar-refractivity contribution >= 4 is 29.0 Å². The number of rotatable bonds is 4. The maximum atomic E-state index is 12.0. The highest BCUT2D eigenvalue weighted by Gasteiger charge is 2.10. The number of carbonyl (C=O) groups is 1. The van der Waals surface area contributed by atoms with E-state index in [1.165, 1.54) is 6.20 Å². The van der Waals surface area contributed by atoms with Crippen molar-refractivity contribution < 1.29 is 4.79 Å². The number of anilines is 2. The average molecular weight is 299 g/mol. The molecule has 6 heteroatoms. The van der Waals surface area contributed by atoms with Crippen molar-refractivity contribution in [3.8, 4) is 6.07 Å². The second kappa shape index (κ2) is 7.08. The second-order valence-electron chi connectivity index (χ2n) is 3.96. The highest BCUT2D eigenvalue weighted by atomic mass is 35.5. The first-order valence-electron chi connectivity index (χ1n) is 6.04. The zero-order chi connectivity index (χ0) is 15.1.